The molecule has 6 heteroatoms. The van der Waals surface area contributed by atoms with Crippen molar-refractivity contribution < 1.29 is 14.1 Å². The lowest BCUT2D eigenvalue weighted by Crippen LogP contribution is -2.39. The van der Waals surface area contributed by atoms with Crippen LogP contribution in [0.3, 0.4) is 0 Å². The highest BCUT2D eigenvalue weighted by molar-refractivity contribution is 5.89. The van der Waals surface area contributed by atoms with E-state index in [0.29, 0.717) is 31.1 Å². The Morgan fingerprint density at radius 1 is 1.16 bits per heavy atom. The number of amides is 2. The van der Waals surface area contributed by atoms with Gasteiger partial charge in [0.1, 0.15) is 11.4 Å². The van der Waals surface area contributed by atoms with Gasteiger partial charge >= 0.3 is 6.03 Å². The molecule has 6 nitrogen and oxygen atoms in total. The Balaban J connectivity index is 1.28. The minimum Gasteiger partial charge on any atom is -0.493 e. The minimum atomic E-state index is -0.112. The van der Waals surface area contributed by atoms with E-state index in [1.165, 1.54) is 17.3 Å². The summed E-state index contributed by atoms with van der Waals surface area (Å²) in [4.78, 5) is 14.3. The number of anilines is 1. The summed E-state index contributed by atoms with van der Waals surface area (Å²) in [5.41, 5.74) is 4.36. The van der Waals surface area contributed by atoms with Crippen LogP contribution < -0.4 is 10.1 Å². The van der Waals surface area contributed by atoms with Crippen LogP contribution in [-0.4, -0.2) is 35.8 Å². The molecule has 0 aliphatic carbocycles. The van der Waals surface area contributed by atoms with E-state index in [1.807, 2.05) is 35.2 Å². The number of likely N-dealkylation sites (tertiary alicyclic amines) is 1. The van der Waals surface area contributed by atoms with E-state index >= 15 is 0 Å². The number of rotatable bonds is 6. The number of nitrogens with one attached hydrogen (secondary N) is 1. The van der Waals surface area contributed by atoms with Crippen LogP contribution in [0.25, 0.3) is 6.08 Å². The molecule has 0 radical (unpaired) electrons. The third kappa shape index (κ3) is 5.75. The Morgan fingerprint density at radius 2 is 1.97 bits per heavy atom. The second kappa shape index (κ2) is 9.98. The topological polar surface area (TPSA) is 67.6 Å². The number of carbonyl (C=O) groups excluding carboxylic acids is 1. The summed E-state index contributed by atoms with van der Waals surface area (Å²) in [6.45, 7) is 3.81. The standard InChI is InChI=1S/C25H27N3O3/c1-19-24(18-26-31-19)27-25(29)28-13-10-21(11-14-28)16-22-8-5-9-23(17-22)30-15-12-20-6-3-2-4-7-20/h2-9,16-18H,10-15H2,1H3,(H,27,29). The van der Waals surface area contributed by atoms with Crippen LogP contribution in [-0.2, 0) is 6.42 Å². The summed E-state index contributed by atoms with van der Waals surface area (Å²) >= 11 is 0. The van der Waals surface area contributed by atoms with Crippen LogP contribution >= 0.6 is 0 Å². The fourth-order valence-corrected chi connectivity index (χ4v) is 3.62. The van der Waals surface area contributed by atoms with Gasteiger partial charge in [0.2, 0.25) is 0 Å². The molecule has 1 aromatic heterocycles. The number of hydrogen-bond acceptors (Lipinski definition) is 4. The Labute approximate surface area is 182 Å². The van der Waals surface area contributed by atoms with Gasteiger partial charge in [-0.2, -0.15) is 0 Å². The van der Waals surface area contributed by atoms with Crippen LogP contribution in [0.4, 0.5) is 10.5 Å². The number of nitrogens with zero attached hydrogens (tertiary/aromatic N) is 2. The first kappa shape index (κ1) is 20.7. The predicted molar refractivity (Wildman–Crippen MR) is 121 cm³/mol. The zero-order valence-electron chi connectivity index (χ0n) is 17.7. The molecule has 1 aliphatic heterocycles. The molecule has 0 atom stereocenters. The van der Waals surface area contributed by atoms with E-state index < -0.39 is 0 Å². The number of urea groups is 1. The summed E-state index contributed by atoms with van der Waals surface area (Å²) in [5, 5.41) is 6.55. The smallest absolute Gasteiger partial charge is 0.322 e. The number of aryl methyl sites for hydroxylation is 1. The van der Waals surface area contributed by atoms with Gasteiger partial charge in [0.05, 0.1) is 12.8 Å². The van der Waals surface area contributed by atoms with Gasteiger partial charge in [-0.15, -0.1) is 0 Å². The molecule has 0 bridgehead atoms. The third-order valence-electron chi connectivity index (χ3n) is 5.42. The zero-order valence-corrected chi connectivity index (χ0v) is 17.7. The van der Waals surface area contributed by atoms with Crippen molar-refractivity contribution in [3.63, 3.8) is 0 Å². The van der Waals surface area contributed by atoms with Gasteiger partial charge < -0.3 is 19.5 Å². The lowest BCUT2D eigenvalue weighted by atomic mass is 10.0. The number of carbonyl (C=O) groups is 1. The maximum atomic E-state index is 12.4. The Morgan fingerprint density at radius 3 is 2.71 bits per heavy atom. The minimum absolute atomic E-state index is 0.112. The molecule has 2 heterocycles. The second-order valence-electron chi connectivity index (χ2n) is 7.67. The SMILES string of the molecule is Cc1oncc1NC(=O)N1CCC(=Cc2cccc(OCCc3ccccc3)c2)CC1. The van der Waals surface area contributed by atoms with Gasteiger partial charge in [0.15, 0.2) is 5.76 Å². The maximum Gasteiger partial charge on any atom is 0.322 e. The lowest BCUT2D eigenvalue weighted by molar-refractivity contribution is 0.207. The van der Waals surface area contributed by atoms with Gasteiger partial charge in [-0.05, 0) is 43.0 Å². The normalized spacial score (nSPS) is 13.7. The first-order valence-corrected chi connectivity index (χ1v) is 10.6. The number of aromatic nitrogens is 1. The molecular formula is C25H27N3O3. The first-order valence-electron chi connectivity index (χ1n) is 10.6. The molecule has 4 rings (SSSR count). The highest BCUT2D eigenvalue weighted by atomic mass is 16.5. The van der Waals surface area contributed by atoms with Gasteiger partial charge in [-0.25, -0.2) is 4.79 Å². The molecule has 0 spiro atoms. The van der Waals surface area contributed by atoms with E-state index in [9.17, 15) is 4.79 Å². The fraction of sp³-hybridized carbons (Fsp3) is 0.280. The highest BCUT2D eigenvalue weighted by Crippen LogP contribution is 2.23. The van der Waals surface area contributed by atoms with E-state index in [4.69, 9.17) is 9.26 Å². The summed E-state index contributed by atoms with van der Waals surface area (Å²) in [6, 6.07) is 18.4. The van der Waals surface area contributed by atoms with Crippen molar-refractivity contribution in [3.05, 3.63) is 83.3 Å². The average molecular weight is 418 g/mol. The fourth-order valence-electron chi connectivity index (χ4n) is 3.62. The second-order valence-corrected chi connectivity index (χ2v) is 7.67. The van der Waals surface area contributed by atoms with Crippen molar-refractivity contribution in [2.24, 2.45) is 0 Å². The number of hydrogen-bond donors (Lipinski definition) is 1. The molecule has 1 saturated heterocycles. The number of ether oxygens (including phenoxy) is 1. The summed E-state index contributed by atoms with van der Waals surface area (Å²) in [5.74, 6) is 1.49. The molecule has 160 valence electrons. The summed E-state index contributed by atoms with van der Waals surface area (Å²) in [6.07, 6.45) is 6.34. The molecule has 1 fully saturated rings. The van der Waals surface area contributed by atoms with Gasteiger partial charge in [0, 0.05) is 19.5 Å². The number of piperidine rings is 1. The van der Waals surface area contributed by atoms with Crippen LogP contribution in [0.5, 0.6) is 5.75 Å². The van der Waals surface area contributed by atoms with E-state index in [0.717, 1.165) is 30.6 Å². The molecule has 0 unspecified atom stereocenters. The van der Waals surface area contributed by atoms with Crippen molar-refractivity contribution in [1.29, 1.82) is 0 Å². The molecule has 31 heavy (non-hydrogen) atoms. The summed E-state index contributed by atoms with van der Waals surface area (Å²) < 4.78 is 10.9. The third-order valence-corrected chi connectivity index (χ3v) is 5.42. The molecule has 1 aliphatic rings. The Bertz CT molecular complexity index is 1030. The predicted octanol–water partition coefficient (Wildman–Crippen LogP) is 5.32. The van der Waals surface area contributed by atoms with Gasteiger partial charge in [-0.3, -0.25) is 0 Å². The quantitative estimate of drug-likeness (QED) is 0.590. The number of benzene rings is 2. The molecule has 3 aromatic rings. The zero-order chi connectivity index (χ0) is 21.5. The van der Waals surface area contributed by atoms with Gasteiger partial charge in [0.25, 0.3) is 0 Å². The van der Waals surface area contributed by atoms with Crippen molar-refractivity contribution in [3.8, 4) is 5.75 Å². The first-order chi connectivity index (χ1) is 15.2. The molecule has 2 aromatic carbocycles. The Hall–Kier alpha value is -3.54. The molecule has 0 saturated carbocycles. The molecule has 2 amide bonds. The van der Waals surface area contributed by atoms with E-state index in [-0.39, 0.29) is 6.03 Å². The lowest BCUT2D eigenvalue weighted by Gasteiger charge is -2.28. The average Bonchev–Trinajstić information content (AvgIpc) is 3.19. The highest BCUT2D eigenvalue weighted by Gasteiger charge is 2.20. The van der Waals surface area contributed by atoms with Crippen LogP contribution in [0.2, 0.25) is 0 Å². The maximum absolute atomic E-state index is 12.4. The van der Waals surface area contributed by atoms with Crippen molar-refractivity contribution >= 4 is 17.8 Å². The van der Waals surface area contributed by atoms with Crippen LogP contribution in [0, 0.1) is 6.92 Å². The van der Waals surface area contributed by atoms with Crippen molar-refractivity contribution in [1.82, 2.24) is 10.1 Å². The molecular weight excluding hydrogens is 390 g/mol. The van der Waals surface area contributed by atoms with Crippen LogP contribution in [0.15, 0.2) is 70.9 Å². The largest absolute Gasteiger partial charge is 0.493 e. The van der Waals surface area contributed by atoms with Gasteiger partial charge in [-0.1, -0.05) is 59.3 Å². The summed E-state index contributed by atoms with van der Waals surface area (Å²) in [7, 11) is 0. The monoisotopic (exact) mass is 417 g/mol. The van der Waals surface area contributed by atoms with Crippen LogP contribution in [0.1, 0.15) is 29.7 Å². The van der Waals surface area contributed by atoms with Crippen molar-refractivity contribution in [2.45, 2.75) is 26.2 Å². The van der Waals surface area contributed by atoms with Crippen molar-refractivity contribution in [2.75, 3.05) is 25.0 Å². The van der Waals surface area contributed by atoms with E-state index in [2.05, 4.69) is 40.8 Å². The molecule has 1 N–H and O–H groups in total. The Kier molecular flexibility index (Phi) is 6.67. The van der Waals surface area contributed by atoms with E-state index in [1.54, 1.807) is 6.92 Å².